The summed E-state index contributed by atoms with van der Waals surface area (Å²) >= 11 is 15.4. The second-order valence-electron chi connectivity index (χ2n) is 3.94. The summed E-state index contributed by atoms with van der Waals surface area (Å²) in [5, 5.41) is 1.32. The van der Waals surface area contributed by atoms with Crippen molar-refractivity contribution in [2.75, 3.05) is 0 Å². The van der Waals surface area contributed by atoms with Gasteiger partial charge in [-0.05, 0) is 35.7 Å². The Morgan fingerprint density at radius 3 is 2.72 bits per heavy atom. The number of benzene rings is 1. The summed E-state index contributed by atoms with van der Waals surface area (Å²) in [5.74, 6) is 0. The third kappa shape index (κ3) is 3.23. The Hall–Kier alpha value is -0.610. The van der Waals surface area contributed by atoms with Crippen LogP contribution in [0.2, 0.25) is 10.0 Å². The van der Waals surface area contributed by atoms with Gasteiger partial charge in [-0.1, -0.05) is 45.2 Å². The summed E-state index contributed by atoms with van der Waals surface area (Å²) in [5.41, 5.74) is 8.19. The summed E-state index contributed by atoms with van der Waals surface area (Å²) in [6.07, 6.45) is 3.99. The van der Waals surface area contributed by atoms with E-state index in [4.69, 9.17) is 28.9 Å². The zero-order valence-electron chi connectivity index (χ0n) is 9.41. The Kier molecular flexibility index (Phi) is 4.62. The third-order valence-electron chi connectivity index (χ3n) is 2.66. The van der Waals surface area contributed by atoms with Crippen molar-refractivity contribution in [1.82, 2.24) is 4.98 Å². The maximum absolute atomic E-state index is 6.19. The number of hydrogen-bond acceptors (Lipinski definition) is 2. The lowest BCUT2D eigenvalue weighted by Crippen LogP contribution is -2.14. The highest BCUT2D eigenvalue weighted by Crippen LogP contribution is 2.28. The van der Waals surface area contributed by atoms with Crippen LogP contribution in [0.1, 0.15) is 17.2 Å². The molecule has 0 saturated heterocycles. The molecule has 1 aromatic carbocycles. The lowest BCUT2D eigenvalue weighted by Gasteiger charge is -2.15. The summed E-state index contributed by atoms with van der Waals surface area (Å²) < 4.78 is 0.910. The molecule has 0 radical (unpaired) electrons. The number of nitrogens with two attached hydrogens (primary N) is 1. The molecule has 0 saturated carbocycles. The first kappa shape index (κ1) is 13.8. The van der Waals surface area contributed by atoms with Crippen molar-refractivity contribution in [3.8, 4) is 0 Å². The van der Waals surface area contributed by atoms with Crippen LogP contribution >= 0.6 is 39.1 Å². The first-order chi connectivity index (χ1) is 8.58. The molecule has 2 N–H and O–H groups in total. The number of nitrogens with zero attached hydrogens (tertiary/aromatic N) is 1. The molecule has 2 aromatic rings. The number of halogens is 3. The van der Waals surface area contributed by atoms with Gasteiger partial charge >= 0.3 is 0 Å². The highest BCUT2D eigenvalue weighted by Gasteiger charge is 2.12. The fourth-order valence-electron chi connectivity index (χ4n) is 1.72. The van der Waals surface area contributed by atoms with Gasteiger partial charge in [-0.2, -0.15) is 0 Å². The maximum Gasteiger partial charge on any atom is 0.0622 e. The van der Waals surface area contributed by atoms with Crippen LogP contribution in [0, 0.1) is 0 Å². The lowest BCUT2D eigenvalue weighted by molar-refractivity contribution is 0.718. The molecule has 1 heterocycles. The van der Waals surface area contributed by atoms with Crippen molar-refractivity contribution in [2.45, 2.75) is 12.5 Å². The normalized spacial score (nSPS) is 12.4. The van der Waals surface area contributed by atoms with E-state index in [2.05, 4.69) is 20.9 Å². The molecule has 0 aliphatic carbocycles. The van der Waals surface area contributed by atoms with Crippen LogP contribution < -0.4 is 5.73 Å². The third-order valence-corrected chi connectivity index (χ3v) is 3.92. The predicted octanol–water partition coefficient (Wildman–Crippen LogP) is 4.39. The van der Waals surface area contributed by atoms with Crippen LogP contribution in [0.4, 0.5) is 0 Å². The molecule has 0 aliphatic rings. The van der Waals surface area contributed by atoms with E-state index < -0.39 is 0 Å². The Morgan fingerprint density at radius 2 is 2.06 bits per heavy atom. The van der Waals surface area contributed by atoms with E-state index in [0.29, 0.717) is 16.5 Å². The van der Waals surface area contributed by atoms with Crippen molar-refractivity contribution in [3.63, 3.8) is 0 Å². The van der Waals surface area contributed by atoms with Crippen molar-refractivity contribution >= 4 is 39.1 Å². The molecule has 0 aliphatic heterocycles. The molecule has 18 heavy (non-hydrogen) atoms. The molecule has 1 unspecified atom stereocenters. The zero-order valence-corrected chi connectivity index (χ0v) is 12.5. The number of pyridine rings is 1. The average Bonchev–Trinajstić information content (AvgIpc) is 2.32. The highest BCUT2D eigenvalue weighted by atomic mass is 79.9. The van der Waals surface area contributed by atoms with Gasteiger partial charge in [0.05, 0.1) is 5.02 Å². The number of hydrogen-bond donors (Lipinski definition) is 1. The SMILES string of the molecule is NC(Cc1ccncc1Cl)c1ccc(Cl)cc1Br. The van der Waals surface area contributed by atoms with Crippen molar-refractivity contribution < 1.29 is 0 Å². The molecule has 5 heteroatoms. The fourth-order valence-corrected chi connectivity index (χ4v) is 2.89. The first-order valence-corrected chi connectivity index (χ1v) is 6.91. The van der Waals surface area contributed by atoms with Gasteiger partial charge in [-0.25, -0.2) is 0 Å². The minimum absolute atomic E-state index is 0.142. The van der Waals surface area contributed by atoms with Gasteiger partial charge in [-0.15, -0.1) is 0 Å². The van der Waals surface area contributed by atoms with Crippen LogP contribution in [0.15, 0.2) is 41.1 Å². The maximum atomic E-state index is 6.19. The molecule has 0 amide bonds. The Bertz CT molecular complexity index is 560. The van der Waals surface area contributed by atoms with Crippen molar-refractivity contribution in [3.05, 3.63) is 62.3 Å². The second-order valence-corrected chi connectivity index (χ2v) is 5.64. The number of rotatable bonds is 3. The lowest BCUT2D eigenvalue weighted by atomic mass is 10.0. The van der Waals surface area contributed by atoms with E-state index in [9.17, 15) is 0 Å². The minimum atomic E-state index is -0.142. The van der Waals surface area contributed by atoms with Crippen LogP contribution in [0.5, 0.6) is 0 Å². The van der Waals surface area contributed by atoms with E-state index >= 15 is 0 Å². The molecule has 2 rings (SSSR count). The van der Waals surface area contributed by atoms with Gasteiger partial charge in [0.25, 0.3) is 0 Å². The van der Waals surface area contributed by atoms with E-state index in [1.165, 1.54) is 0 Å². The smallest absolute Gasteiger partial charge is 0.0622 e. The number of aromatic nitrogens is 1. The van der Waals surface area contributed by atoms with Crippen LogP contribution in [0.25, 0.3) is 0 Å². The van der Waals surface area contributed by atoms with Gasteiger partial charge in [-0.3, -0.25) is 4.98 Å². The Morgan fingerprint density at radius 1 is 1.28 bits per heavy atom. The molecule has 0 fully saturated rings. The van der Waals surface area contributed by atoms with E-state index in [0.717, 1.165) is 15.6 Å². The van der Waals surface area contributed by atoms with Crippen LogP contribution in [-0.4, -0.2) is 4.98 Å². The monoisotopic (exact) mass is 344 g/mol. The molecular formula is C13H11BrCl2N2. The van der Waals surface area contributed by atoms with Crippen molar-refractivity contribution in [2.24, 2.45) is 5.73 Å². The zero-order chi connectivity index (χ0) is 13.1. The highest BCUT2D eigenvalue weighted by molar-refractivity contribution is 9.10. The van der Waals surface area contributed by atoms with E-state index in [-0.39, 0.29) is 6.04 Å². The minimum Gasteiger partial charge on any atom is -0.324 e. The molecule has 0 spiro atoms. The molecule has 1 atom stereocenters. The van der Waals surface area contributed by atoms with Crippen LogP contribution in [-0.2, 0) is 6.42 Å². The Labute approximate surface area is 124 Å². The van der Waals surface area contributed by atoms with Gasteiger partial charge in [0.1, 0.15) is 0 Å². The molecule has 94 valence electrons. The Balaban J connectivity index is 2.22. The van der Waals surface area contributed by atoms with Gasteiger partial charge < -0.3 is 5.73 Å². The molecular weight excluding hydrogens is 335 g/mol. The van der Waals surface area contributed by atoms with Gasteiger partial charge in [0.2, 0.25) is 0 Å². The first-order valence-electron chi connectivity index (χ1n) is 5.37. The van der Waals surface area contributed by atoms with E-state index in [1.807, 2.05) is 24.3 Å². The standard InChI is InChI=1S/C13H11BrCl2N2/c14-11-6-9(15)1-2-10(11)13(17)5-8-3-4-18-7-12(8)16/h1-4,6-7,13H,5,17H2. The summed E-state index contributed by atoms with van der Waals surface area (Å²) in [6.45, 7) is 0. The summed E-state index contributed by atoms with van der Waals surface area (Å²) in [4.78, 5) is 3.95. The van der Waals surface area contributed by atoms with Gasteiger partial charge in [0, 0.05) is 27.9 Å². The van der Waals surface area contributed by atoms with Gasteiger partial charge in [0.15, 0.2) is 0 Å². The summed E-state index contributed by atoms with van der Waals surface area (Å²) in [6, 6.07) is 7.33. The van der Waals surface area contributed by atoms with Crippen molar-refractivity contribution in [1.29, 1.82) is 0 Å². The summed E-state index contributed by atoms with van der Waals surface area (Å²) in [7, 11) is 0. The average molecular weight is 346 g/mol. The quantitative estimate of drug-likeness (QED) is 0.895. The van der Waals surface area contributed by atoms with E-state index in [1.54, 1.807) is 12.4 Å². The molecule has 1 aromatic heterocycles. The largest absolute Gasteiger partial charge is 0.324 e. The second kappa shape index (κ2) is 6.02. The fraction of sp³-hybridized carbons (Fsp3) is 0.154. The predicted molar refractivity (Wildman–Crippen MR) is 79.0 cm³/mol. The van der Waals surface area contributed by atoms with Crippen LogP contribution in [0.3, 0.4) is 0 Å². The molecule has 2 nitrogen and oxygen atoms in total. The molecule has 0 bridgehead atoms. The topological polar surface area (TPSA) is 38.9 Å².